The molecule has 0 radical (unpaired) electrons. The van der Waals surface area contributed by atoms with Gasteiger partial charge in [-0.3, -0.25) is 9.89 Å². The Morgan fingerprint density at radius 1 is 1.14 bits per heavy atom. The number of nitrogens with one attached hydrogen (secondary N) is 2. The highest BCUT2D eigenvalue weighted by molar-refractivity contribution is 7.89. The standard InChI is InChI=1S/C20H22N4O4S/c25-19(22-18-3-1-2-16-14-21-23-20(16)18)9-6-15-4-7-17(8-5-15)29(26,27)24-10-12-28-13-11-24/h1-5,7-8,14H,6,9-13H2,(H,21,23)(H,22,25). The first-order valence-electron chi connectivity index (χ1n) is 9.43. The van der Waals surface area contributed by atoms with Gasteiger partial charge in [-0.05, 0) is 30.2 Å². The second-order valence-corrected chi connectivity index (χ2v) is 8.79. The maximum Gasteiger partial charge on any atom is 0.243 e. The van der Waals surface area contributed by atoms with Crippen LogP contribution < -0.4 is 5.32 Å². The van der Waals surface area contributed by atoms with E-state index in [1.165, 1.54) is 4.31 Å². The minimum absolute atomic E-state index is 0.114. The number of H-pyrrole nitrogens is 1. The van der Waals surface area contributed by atoms with E-state index in [1.54, 1.807) is 30.5 Å². The van der Waals surface area contributed by atoms with Gasteiger partial charge in [-0.1, -0.05) is 24.3 Å². The number of para-hydroxylation sites is 1. The number of amides is 1. The van der Waals surface area contributed by atoms with Gasteiger partial charge in [0, 0.05) is 24.9 Å². The third-order valence-corrected chi connectivity index (χ3v) is 6.84. The fraction of sp³-hybridized carbons (Fsp3) is 0.300. The Hall–Kier alpha value is -2.75. The van der Waals surface area contributed by atoms with Crippen LogP contribution in [0.15, 0.2) is 53.6 Å². The van der Waals surface area contributed by atoms with Crippen molar-refractivity contribution in [1.82, 2.24) is 14.5 Å². The number of sulfonamides is 1. The molecule has 8 nitrogen and oxygen atoms in total. The summed E-state index contributed by atoms with van der Waals surface area (Å²) in [5.74, 6) is -0.114. The van der Waals surface area contributed by atoms with Crippen molar-refractivity contribution in [3.05, 3.63) is 54.2 Å². The number of benzene rings is 2. The molecule has 0 aliphatic carbocycles. The zero-order valence-corrected chi connectivity index (χ0v) is 16.6. The van der Waals surface area contributed by atoms with Gasteiger partial charge in [-0.15, -0.1) is 0 Å². The van der Waals surface area contributed by atoms with Gasteiger partial charge in [0.05, 0.1) is 35.5 Å². The van der Waals surface area contributed by atoms with Crippen molar-refractivity contribution < 1.29 is 17.9 Å². The number of morpholine rings is 1. The number of carbonyl (C=O) groups excluding carboxylic acids is 1. The molecule has 0 unspecified atom stereocenters. The van der Waals surface area contributed by atoms with Crippen LogP contribution in [0.4, 0.5) is 5.69 Å². The molecule has 1 fully saturated rings. The highest BCUT2D eigenvalue weighted by atomic mass is 32.2. The Morgan fingerprint density at radius 3 is 2.66 bits per heavy atom. The summed E-state index contributed by atoms with van der Waals surface area (Å²) in [5.41, 5.74) is 2.39. The highest BCUT2D eigenvalue weighted by Crippen LogP contribution is 2.21. The van der Waals surface area contributed by atoms with Crippen LogP contribution in [0.1, 0.15) is 12.0 Å². The molecule has 3 aromatic rings. The summed E-state index contributed by atoms with van der Waals surface area (Å²) in [6.07, 6.45) is 2.51. The van der Waals surface area contributed by atoms with E-state index in [9.17, 15) is 13.2 Å². The molecule has 2 N–H and O–H groups in total. The molecule has 2 aromatic carbocycles. The number of aromatic nitrogens is 2. The summed E-state index contributed by atoms with van der Waals surface area (Å²) < 4.78 is 32.0. The van der Waals surface area contributed by atoms with Gasteiger partial charge >= 0.3 is 0 Å². The number of nitrogens with zero attached hydrogens (tertiary/aromatic N) is 2. The molecule has 0 saturated carbocycles. The van der Waals surface area contributed by atoms with Gasteiger partial charge in [0.1, 0.15) is 0 Å². The van der Waals surface area contributed by atoms with E-state index in [0.717, 1.165) is 16.5 Å². The minimum Gasteiger partial charge on any atom is -0.379 e. The molecular formula is C20H22N4O4S. The average Bonchev–Trinajstić information content (AvgIpc) is 3.23. The maximum absolute atomic E-state index is 12.7. The average molecular weight is 414 g/mol. The van der Waals surface area contributed by atoms with Gasteiger partial charge in [0.2, 0.25) is 15.9 Å². The summed E-state index contributed by atoms with van der Waals surface area (Å²) in [6.45, 7) is 1.57. The Bertz CT molecular complexity index is 1100. The number of hydrogen-bond donors (Lipinski definition) is 2. The van der Waals surface area contributed by atoms with E-state index in [2.05, 4.69) is 15.5 Å². The third-order valence-electron chi connectivity index (χ3n) is 4.92. The van der Waals surface area contributed by atoms with Gasteiger partial charge in [-0.25, -0.2) is 8.42 Å². The number of carbonyl (C=O) groups is 1. The van der Waals surface area contributed by atoms with E-state index in [-0.39, 0.29) is 10.8 Å². The highest BCUT2D eigenvalue weighted by Gasteiger charge is 2.26. The lowest BCUT2D eigenvalue weighted by molar-refractivity contribution is -0.116. The lowest BCUT2D eigenvalue weighted by atomic mass is 10.1. The largest absolute Gasteiger partial charge is 0.379 e. The van der Waals surface area contributed by atoms with Crippen LogP contribution in [-0.4, -0.2) is 55.1 Å². The molecule has 0 spiro atoms. The second-order valence-electron chi connectivity index (χ2n) is 6.85. The summed E-state index contributed by atoms with van der Waals surface area (Å²) in [5, 5.41) is 10.7. The number of hydrogen-bond acceptors (Lipinski definition) is 5. The van der Waals surface area contributed by atoms with E-state index < -0.39 is 10.0 Å². The first kappa shape index (κ1) is 19.6. The molecule has 29 heavy (non-hydrogen) atoms. The zero-order chi connectivity index (χ0) is 20.3. The predicted molar refractivity (Wildman–Crippen MR) is 109 cm³/mol. The predicted octanol–water partition coefficient (Wildman–Crippen LogP) is 2.16. The van der Waals surface area contributed by atoms with Crippen LogP contribution in [0.2, 0.25) is 0 Å². The lowest BCUT2D eigenvalue weighted by Crippen LogP contribution is -2.40. The Kier molecular flexibility index (Phi) is 5.61. The summed E-state index contributed by atoms with van der Waals surface area (Å²) in [4.78, 5) is 12.6. The van der Waals surface area contributed by atoms with Gasteiger partial charge < -0.3 is 10.1 Å². The molecule has 2 heterocycles. The fourth-order valence-corrected chi connectivity index (χ4v) is 4.72. The molecule has 1 aliphatic rings. The second kappa shape index (κ2) is 8.32. The maximum atomic E-state index is 12.7. The minimum atomic E-state index is -3.50. The van der Waals surface area contributed by atoms with Crippen LogP contribution in [-0.2, 0) is 26.0 Å². The van der Waals surface area contributed by atoms with E-state index in [1.807, 2.05) is 18.2 Å². The molecule has 0 bridgehead atoms. The number of aromatic amines is 1. The molecule has 1 aliphatic heterocycles. The number of ether oxygens (including phenoxy) is 1. The van der Waals surface area contributed by atoms with Crippen molar-refractivity contribution in [3.8, 4) is 0 Å². The Labute approximate surface area is 168 Å². The number of fused-ring (bicyclic) bond motifs is 1. The van der Waals surface area contributed by atoms with Gasteiger partial charge in [0.15, 0.2) is 0 Å². The van der Waals surface area contributed by atoms with E-state index in [0.29, 0.717) is 44.8 Å². The number of anilines is 1. The van der Waals surface area contributed by atoms with Crippen molar-refractivity contribution >= 4 is 32.5 Å². The van der Waals surface area contributed by atoms with E-state index >= 15 is 0 Å². The Morgan fingerprint density at radius 2 is 1.90 bits per heavy atom. The van der Waals surface area contributed by atoms with E-state index in [4.69, 9.17) is 4.74 Å². The third kappa shape index (κ3) is 4.31. The lowest BCUT2D eigenvalue weighted by Gasteiger charge is -2.26. The summed E-state index contributed by atoms with van der Waals surface area (Å²) in [7, 11) is -3.50. The fourth-order valence-electron chi connectivity index (χ4n) is 3.31. The molecule has 9 heteroatoms. The molecule has 4 rings (SSSR count). The van der Waals surface area contributed by atoms with Gasteiger partial charge in [0.25, 0.3) is 0 Å². The van der Waals surface area contributed by atoms with Crippen molar-refractivity contribution in [3.63, 3.8) is 0 Å². The van der Waals surface area contributed by atoms with Crippen LogP contribution in [0.3, 0.4) is 0 Å². The van der Waals surface area contributed by atoms with Crippen molar-refractivity contribution in [1.29, 1.82) is 0 Å². The Balaban J connectivity index is 1.36. The van der Waals surface area contributed by atoms with Crippen molar-refractivity contribution in [2.45, 2.75) is 17.7 Å². The van der Waals surface area contributed by atoms with Crippen LogP contribution in [0.25, 0.3) is 10.9 Å². The molecule has 1 aromatic heterocycles. The summed E-state index contributed by atoms with van der Waals surface area (Å²) >= 11 is 0. The molecule has 0 atom stereocenters. The molecule has 152 valence electrons. The molecular weight excluding hydrogens is 392 g/mol. The normalized spacial score (nSPS) is 15.4. The van der Waals surface area contributed by atoms with Crippen molar-refractivity contribution in [2.24, 2.45) is 0 Å². The zero-order valence-electron chi connectivity index (χ0n) is 15.8. The molecule has 1 saturated heterocycles. The van der Waals surface area contributed by atoms with Gasteiger partial charge in [-0.2, -0.15) is 9.40 Å². The monoisotopic (exact) mass is 414 g/mol. The number of rotatable bonds is 6. The smallest absolute Gasteiger partial charge is 0.243 e. The van der Waals surface area contributed by atoms with Crippen LogP contribution in [0.5, 0.6) is 0 Å². The molecule has 1 amide bonds. The van der Waals surface area contributed by atoms with Crippen LogP contribution in [0, 0.1) is 0 Å². The SMILES string of the molecule is O=C(CCc1ccc(S(=O)(=O)N2CCOCC2)cc1)Nc1cccc2cn[nH]c12. The topological polar surface area (TPSA) is 104 Å². The summed E-state index contributed by atoms with van der Waals surface area (Å²) in [6, 6.07) is 12.3. The van der Waals surface area contributed by atoms with Crippen LogP contribution >= 0.6 is 0 Å². The first-order valence-corrected chi connectivity index (χ1v) is 10.9. The number of aryl methyl sites for hydroxylation is 1. The van der Waals surface area contributed by atoms with Crippen molar-refractivity contribution in [2.75, 3.05) is 31.6 Å². The quantitative estimate of drug-likeness (QED) is 0.643. The first-order chi connectivity index (χ1) is 14.0.